The number of rotatable bonds is 7. The van der Waals surface area contributed by atoms with E-state index in [4.69, 9.17) is 0 Å². The van der Waals surface area contributed by atoms with Gasteiger partial charge in [-0.1, -0.05) is 122 Å². The number of hydrogen-bond donors (Lipinski definition) is 1. The lowest BCUT2D eigenvalue weighted by Crippen LogP contribution is -2.42. The molecule has 1 N–H and O–H groups in total. The Bertz CT molecular complexity index is 1080. The summed E-state index contributed by atoms with van der Waals surface area (Å²) < 4.78 is 0. The quantitative estimate of drug-likeness (QED) is 0.373. The fourth-order valence-electron chi connectivity index (χ4n) is 5.39. The molecule has 3 nitrogen and oxygen atoms in total. The van der Waals surface area contributed by atoms with Crippen molar-refractivity contribution < 1.29 is 0 Å². The molecular weight excluding hydrogens is 426 g/mol. The van der Waals surface area contributed by atoms with Gasteiger partial charge in [-0.3, -0.25) is 10.0 Å². The lowest BCUT2D eigenvalue weighted by molar-refractivity contribution is 0.661. The highest BCUT2D eigenvalue weighted by atomic mass is 15.8. The van der Waals surface area contributed by atoms with Crippen molar-refractivity contribution in [2.24, 2.45) is 0 Å². The van der Waals surface area contributed by atoms with Gasteiger partial charge in [0.05, 0.1) is 24.0 Å². The third kappa shape index (κ3) is 4.97. The van der Waals surface area contributed by atoms with Crippen LogP contribution >= 0.6 is 0 Å². The summed E-state index contributed by atoms with van der Waals surface area (Å²) in [7, 11) is 0. The molecular formula is C32H43N3. The molecule has 0 spiro atoms. The molecule has 0 bridgehead atoms. The van der Waals surface area contributed by atoms with Gasteiger partial charge in [0.1, 0.15) is 0 Å². The van der Waals surface area contributed by atoms with Crippen LogP contribution in [0.2, 0.25) is 0 Å². The van der Waals surface area contributed by atoms with E-state index in [0.29, 0.717) is 23.7 Å². The molecule has 35 heavy (non-hydrogen) atoms. The van der Waals surface area contributed by atoms with Gasteiger partial charge in [0.25, 0.3) is 0 Å². The minimum atomic E-state index is 0.203. The zero-order chi connectivity index (χ0) is 25.3. The maximum Gasteiger partial charge on any atom is 0.0913 e. The third-order valence-corrected chi connectivity index (χ3v) is 7.28. The van der Waals surface area contributed by atoms with Crippen LogP contribution in [0.1, 0.15) is 113 Å². The van der Waals surface area contributed by atoms with E-state index >= 15 is 0 Å². The largest absolute Gasteiger partial charge is 0.288 e. The molecule has 3 aromatic rings. The first-order chi connectivity index (χ1) is 16.7. The monoisotopic (exact) mass is 469 g/mol. The van der Waals surface area contributed by atoms with E-state index in [9.17, 15) is 0 Å². The van der Waals surface area contributed by atoms with E-state index in [1.54, 1.807) is 0 Å². The van der Waals surface area contributed by atoms with Crippen LogP contribution in [0, 0.1) is 0 Å². The molecule has 1 unspecified atom stereocenters. The summed E-state index contributed by atoms with van der Waals surface area (Å²) >= 11 is 0. The fourth-order valence-corrected chi connectivity index (χ4v) is 5.39. The van der Waals surface area contributed by atoms with Crippen LogP contribution in [-0.4, -0.2) is 6.54 Å². The van der Waals surface area contributed by atoms with Gasteiger partial charge < -0.3 is 0 Å². The molecule has 1 aliphatic rings. The van der Waals surface area contributed by atoms with E-state index in [-0.39, 0.29) is 6.04 Å². The van der Waals surface area contributed by atoms with Crippen LogP contribution < -0.4 is 15.6 Å². The average molecular weight is 470 g/mol. The van der Waals surface area contributed by atoms with Crippen molar-refractivity contribution in [2.75, 3.05) is 16.6 Å². The molecule has 0 radical (unpaired) electrons. The van der Waals surface area contributed by atoms with Crippen molar-refractivity contribution in [1.29, 1.82) is 0 Å². The molecule has 1 heterocycles. The van der Waals surface area contributed by atoms with Crippen LogP contribution in [0.15, 0.2) is 66.7 Å². The topological polar surface area (TPSA) is 18.5 Å². The van der Waals surface area contributed by atoms with Crippen LogP contribution in [0.25, 0.3) is 0 Å². The summed E-state index contributed by atoms with van der Waals surface area (Å²) in [4.78, 5) is 0. The molecule has 1 atom stereocenters. The van der Waals surface area contributed by atoms with Gasteiger partial charge >= 0.3 is 0 Å². The zero-order valence-corrected chi connectivity index (χ0v) is 22.8. The van der Waals surface area contributed by atoms with E-state index in [1.807, 2.05) is 0 Å². The van der Waals surface area contributed by atoms with Crippen LogP contribution in [0.4, 0.5) is 11.4 Å². The molecule has 0 aromatic heterocycles. The Morgan fingerprint density at radius 3 is 1.43 bits per heavy atom. The number of benzene rings is 3. The molecule has 1 fully saturated rings. The molecule has 0 amide bonds. The minimum Gasteiger partial charge on any atom is -0.288 e. The van der Waals surface area contributed by atoms with E-state index in [1.165, 1.54) is 39.2 Å². The van der Waals surface area contributed by atoms with Crippen LogP contribution in [0.5, 0.6) is 0 Å². The van der Waals surface area contributed by atoms with Crippen LogP contribution in [0.3, 0.4) is 0 Å². The molecule has 0 aliphatic carbocycles. The summed E-state index contributed by atoms with van der Waals surface area (Å²) in [6, 6.07) is 24.8. The van der Waals surface area contributed by atoms with Gasteiger partial charge in [-0.15, -0.1) is 5.53 Å². The molecule has 3 heteroatoms. The van der Waals surface area contributed by atoms with Gasteiger partial charge in [0.15, 0.2) is 0 Å². The standard InChI is InChI=1S/C32H43N3/c1-21(2)26-16-12-17-27(22(3)4)31(26)34-20-30(25-14-10-9-11-15-25)35(33-34)32-28(23(5)6)18-13-19-29(32)24(7)8/h9-19,21-24,30,33H,20H2,1-8H3. The first-order valence-corrected chi connectivity index (χ1v) is 13.3. The molecule has 186 valence electrons. The van der Waals surface area contributed by atoms with Crippen molar-refractivity contribution in [2.45, 2.75) is 85.1 Å². The summed E-state index contributed by atoms with van der Waals surface area (Å²) in [6.45, 7) is 19.3. The van der Waals surface area contributed by atoms with Crippen molar-refractivity contribution in [3.8, 4) is 0 Å². The smallest absolute Gasteiger partial charge is 0.0913 e. The predicted octanol–water partition coefficient (Wildman–Crippen LogP) is 8.67. The van der Waals surface area contributed by atoms with Gasteiger partial charge in [0, 0.05) is 0 Å². The lowest BCUT2D eigenvalue weighted by Gasteiger charge is -2.33. The Kier molecular flexibility index (Phi) is 7.56. The van der Waals surface area contributed by atoms with E-state index in [2.05, 4.69) is 138 Å². The van der Waals surface area contributed by atoms with Gasteiger partial charge in [-0.25, -0.2) is 0 Å². The highest BCUT2D eigenvalue weighted by molar-refractivity contribution is 5.68. The minimum absolute atomic E-state index is 0.203. The molecule has 3 aromatic carbocycles. The Labute approximate surface area is 213 Å². The van der Waals surface area contributed by atoms with Gasteiger partial charge in [-0.05, 0) is 51.5 Å². The van der Waals surface area contributed by atoms with Crippen molar-refractivity contribution in [1.82, 2.24) is 5.53 Å². The average Bonchev–Trinajstić information content (AvgIpc) is 3.28. The van der Waals surface area contributed by atoms with Crippen molar-refractivity contribution in [3.05, 3.63) is 94.5 Å². The van der Waals surface area contributed by atoms with Crippen LogP contribution in [-0.2, 0) is 0 Å². The molecule has 1 saturated heterocycles. The maximum atomic E-state index is 3.92. The Morgan fingerprint density at radius 2 is 1.00 bits per heavy atom. The summed E-state index contributed by atoms with van der Waals surface area (Å²) in [5.41, 5.74) is 13.5. The summed E-state index contributed by atoms with van der Waals surface area (Å²) in [5.74, 6) is 1.77. The van der Waals surface area contributed by atoms with Crippen molar-refractivity contribution >= 4 is 11.4 Å². The second-order valence-electron chi connectivity index (χ2n) is 11.2. The second-order valence-corrected chi connectivity index (χ2v) is 11.2. The SMILES string of the molecule is CC(C)c1cccc(C(C)C)c1N1CC(c2ccccc2)N(c2c(C(C)C)cccc2C(C)C)N1. The number of nitrogens with zero attached hydrogens (tertiary/aromatic N) is 2. The summed E-state index contributed by atoms with van der Waals surface area (Å²) in [6.07, 6.45) is 0. The first kappa shape index (κ1) is 25.3. The second kappa shape index (κ2) is 10.5. The summed E-state index contributed by atoms with van der Waals surface area (Å²) in [5, 5.41) is 4.88. The number of para-hydroxylation sites is 2. The Hall–Kier alpha value is -2.78. The van der Waals surface area contributed by atoms with Gasteiger partial charge in [-0.2, -0.15) is 0 Å². The van der Waals surface area contributed by atoms with Crippen molar-refractivity contribution in [3.63, 3.8) is 0 Å². The number of hydrazine groups is 2. The fraction of sp³-hybridized carbons (Fsp3) is 0.438. The number of nitrogens with one attached hydrogen (secondary N) is 1. The Balaban J connectivity index is 1.91. The molecule has 4 rings (SSSR count). The zero-order valence-electron chi connectivity index (χ0n) is 22.8. The maximum absolute atomic E-state index is 3.92. The molecule has 0 saturated carbocycles. The number of anilines is 2. The van der Waals surface area contributed by atoms with E-state index in [0.717, 1.165) is 6.54 Å². The third-order valence-electron chi connectivity index (χ3n) is 7.28. The Morgan fingerprint density at radius 1 is 0.571 bits per heavy atom. The predicted molar refractivity (Wildman–Crippen MR) is 151 cm³/mol. The highest BCUT2D eigenvalue weighted by Crippen LogP contribution is 2.43. The lowest BCUT2D eigenvalue weighted by atomic mass is 9.91. The number of hydrogen-bond acceptors (Lipinski definition) is 3. The first-order valence-electron chi connectivity index (χ1n) is 13.3. The van der Waals surface area contributed by atoms with E-state index < -0.39 is 0 Å². The normalized spacial score (nSPS) is 16.4. The molecule has 1 aliphatic heterocycles. The highest BCUT2D eigenvalue weighted by Gasteiger charge is 2.37. The van der Waals surface area contributed by atoms with Gasteiger partial charge in [0.2, 0.25) is 0 Å².